The lowest BCUT2D eigenvalue weighted by Gasteiger charge is -2.35. The van der Waals surface area contributed by atoms with E-state index in [0.29, 0.717) is 11.5 Å². The lowest BCUT2D eigenvalue weighted by atomic mass is 9.89. The van der Waals surface area contributed by atoms with E-state index in [9.17, 15) is 14.7 Å². The molecule has 6 heteroatoms. The standard InChI is InChI=1S/C19H30N2O4/c1-18(2,12-22)15-10-14(25-20-15)11-16(23)19(3,4)21(5)17(24)13-8-6-7-9-13/h10,13,22H,6-9,11-12H2,1-5H3. The summed E-state index contributed by atoms with van der Waals surface area (Å²) in [7, 11) is 1.71. The molecule has 2 rings (SSSR count). The van der Waals surface area contributed by atoms with Gasteiger partial charge < -0.3 is 14.5 Å². The third kappa shape index (κ3) is 4.11. The topological polar surface area (TPSA) is 83.6 Å². The van der Waals surface area contributed by atoms with Gasteiger partial charge in [0.25, 0.3) is 0 Å². The van der Waals surface area contributed by atoms with Crippen molar-refractivity contribution in [2.45, 2.75) is 70.8 Å². The monoisotopic (exact) mass is 350 g/mol. The van der Waals surface area contributed by atoms with Crippen LogP contribution in [0.15, 0.2) is 10.6 Å². The van der Waals surface area contributed by atoms with Crippen molar-refractivity contribution in [1.29, 1.82) is 0 Å². The fourth-order valence-electron chi connectivity index (χ4n) is 3.08. The number of ketones is 1. The molecule has 0 aromatic carbocycles. The van der Waals surface area contributed by atoms with Crippen molar-refractivity contribution in [2.75, 3.05) is 13.7 Å². The molecule has 1 amide bonds. The summed E-state index contributed by atoms with van der Waals surface area (Å²) in [6.07, 6.45) is 4.06. The molecule has 1 aliphatic rings. The molecule has 0 atom stereocenters. The number of rotatable bonds is 7. The first-order valence-corrected chi connectivity index (χ1v) is 8.97. The van der Waals surface area contributed by atoms with Crippen LogP contribution in [0.5, 0.6) is 0 Å². The predicted octanol–water partition coefficient (Wildman–Crippen LogP) is 2.48. The van der Waals surface area contributed by atoms with Gasteiger partial charge in [0.2, 0.25) is 5.91 Å². The molecule has 1 N–H and O–H groups in total. The van der Waals surface area contributed by atoms with Crippen molar-refractivity contribution >= 4 is 11.7 Å². The van der Waals surface area contributed by atoms with Gasteiger partial charge >= 0.3 is 0 Å². The minimum Gasteiger partial charge on any atom is -0.395 e. The molecule has 1 fully saturated rings. The highest BCUT2D eigenvalue weighted by Crippen LogP contribution is 2.29. The lowest BCUT2D eigenvalue weighted by molar-refractivity contribution is -0.145. The van der Waals surface area contributed by atoms with E-state index in [0.717, 1.165) is 25.7 Å². The molecule has 0 radical (unpaired) electrons. The van der Waals surface area contributed by atoms with E-state index in [1.807, 2.05) is 13.8 Å². The van der Waals surface area contributed by atoms with Crippen LogP contribution in [0.4, 0.5) is 0 Å². The summed E-state index contributed by atoms with van der Waals surface area (Å²) in [5.74, 6) is 0.456. The summed E-state index contributed by atoms with van der Waals surface area (Å²) in [4.78, 5) is 27.0. The molecule has 0 saturated heterocycles. The average Bonchev–Trinajstić information content (AvgIpc) is 3.25. The van der Waals surface area contributed by atoms with Gasteiger partial charge in [-0.2, -0.15) is 0 Å². The fourth-order valence-corrected chi connectivity index (χ4v) is 3.08. The second-order valence-corrected chi connectivity index (χ2v) is 8.26. The second kappa shape index (κ2) is 7.28. The minimum atomic E-state index is -0.904. The van der Waals surface area contributed by atoms with Gasteiger partial charge in [-0.25, -0.2) is 0 Å². The highest BCUT2D eigenvalue weighted by molar-refractivity contribution is 5.93. The van der Waals surface area contributed by atoms with Crippen LogP contribution in [-0.2, 0) is 21.4 Å². The maximum absolute atomic E-state index is 12.8. The molecular formula is C19H30N2O4. The SMILES string of the molecule is CN(C(=O)C1CCCC1)C(C)(C)C(=O)Cc1cc(C(C)(C)CO)no1. The van der Waals surface area contributed by atoms with E-state index in [1.165, 1.54) is 0 Å². The van der Waals surface area contributed by atoms with E-state index >= 15 is 0 Å². The Kier molecular flexibility index (Phi) is 5.72. The molecule has 25 heavy (non-hydrogen) atoms. The maximum Gasteiger partial charge on any atom is 0.226 e. The molecule has 0 unspecified atom stereocenters. The van der Waals surface area contributed by atoms with Gasteiger partial charge in [-0.1, -0.05) is 31.8 Å². The molecular weight excluding hydrogens is 320 g/mol. The molecule has 1 aromatic rings. The molecule has 1 heterocycles. The van der Waals surface area contributed by atoms with Crippen LogP contribution in [0.2, 0.25) is 0 Å². The smallest absolute Gasteiger partial charge is 0.226 e. The molecule has 0 bridgehead atoms. The van der Waals surface area contributed by atoms with Crippen LogP contribution in [0.25, 0.3) is 0 Å². The Bertz CT molecular complexity index is 627. The number of carbonyl (C=O) groups is 2. The predicted molar refractivity (Wildman–Crippen MR) is 94.1 cm³/mol. The first-order valence-electron chi connectivity index (χ1n) is 8.97. The zero-order chi connectivity index (χ0) is 18.8. The first kappa shape index (κ1) is 19.6. The van der Waals surface area contributed by atoms with E-state index in [2.05, 4.69) is 5.16 Å². The van der Waals surface area contributed by atoms with E-state index in [4.69, 9.17) is 4.52 Å². The summed E-state index contributed by atoms with van der Waals surface area (Å²) in [6, 6.07) is 1.71. The Balaban J connectivity index is 2.06. The zero-order valence-corrected chi connectivity index (χ0v) is 16.0. The average molecular weight is 350 g/mol. The van der Waals surface area contributed by atoms with E-state index in [1.54, 1.807) is 31.9 Å². The molecule has 6 nitrogen and oxygen atoms in total. The van der Waals surface area contributed by atoms with Gasteiger partial charge in [0.1, 0.15) is 5.76 Å². The Morgan fingerprint density at radius 1 is 1.28 bits per heavy atom. The second-order valence-electron chi connectivity index (χ2n) is 8.26. The third-order valence-corrected chi connectivity index (χ3v) is 5.54. The van der Waals surface area contributed by atoms with Crippen LogP contribution in [0.3, 0.4) is 0 Å². The number of hydrogen-bond donors (Lipinski definition) is 1. The van der Waals surface area contributed by atoms with Gasteiger partial charge in [0.05, 0.1) is 24.3 Å². The molecule has 1 aromatic heterocycles. The van der Waals surface area contributed by atoms with Crippen LogP contribution in [0.1, 0.15) is 64.8 Å². The number of aromatic nitrogens is 1. The van der Waals surface area contributed by atoms with Crippen molar-refractivity contribution in [3.05, 3.63) is 17.5 Å². The van der Waals surface area contributed by atoms with Gasteiger partial charge in [0.15, 0.2) is 5.78 Å². The molecule has 140 valence electrons. The summed E-state index contributed by atoms with van der Waals surface area (Å²) < 4.78 is 5.27. The number of likely N-dealkylation sites (N-methyl/N-ethyl adjacent to an activating group) is 1. The number of hydrogen-bond acceptors (Lipinski definition) is 5. The summed E-state index contributed by atoms with van der Waals surface area (Å²) in [5, 5.41) is 13.4. The Morgan fingerprint density at radius 3 is 2.44 bits per heavy atom. The zero-order valence-electron chi connectivity index (χ0n) is 16.0. The van der Waals surface area contributed by atoms with Crippen LogP contribution >= 0.6 is 0 Å². The lowest BCUT2D eigenvalue weighted by Crippen LogP contribution is -2.52. The van der Waals surface area contributed by atoms with Crippen molar-refractivity contribution < 1.29 is 19.2 Å². The van der Waals surface area contributed by atoms with Crippen molar-refractivity contribution in [2.24, 2.45) is 5.92 Å². The summed E-state index contributed by atoms with van der Waals surface area (Å²) in [6.45, 7) is 7.20. The van der Waals surface area contributed by atoms with Crippen molar-refractivity contribution in [3.8, 4) is 0 Å². The van der Waals surface area contributed by atoms with Crippen LogP contribution in [-0.4, -0.2) is 46.0 Å². The van der Waals surface area contributed by atoms with Crippen LogP contribution < -0.4 is 0 Å². The van der Waals surface area contributed by atoms with Crippen LogP contribution in [0, 0.1) is 5.92 Å². The normalized spacial score (nSPS) is 16.2. The third-order valence-electron chi connectivity index (χ3n) is 5.54. The number of carbonyl (C=O) groups excluding carboxylic acids is 2. The van der Waals surface area contributed by atoms with Gasteiger partial charge in [0, 0.05) is 24.4 Å². The molecule has 0 spiro atoms. The first-order chi connectivity index (χ1) is 11.6. The number of Topliss-reactive ketones (excluding diaryl/α,β-unsaturated/α-hetero) is 1. The number of amides is 1. The van der Waals surface area contributed by atoms with E-state index in [-0.39, 0.29) is 30.6 Å². The molecule has 1 saturated carbocycles. The summed E-state index contributed by atoms with van der Waals surface area (Å²) >= 11 is 0. The number of aliphatic hydroxyl groups excluding tert-OH is 1. The van der Waals surface area contributed by atoms with Gasteiger partial charge in [-0.3, -0.25) is 9.59 Å². The molecule has 0 aliphatic heterocycles. The Hall–Kier alpha value is -1.69. The number of nitrogens with zero attached hydrogens (tertiary/aromatic N) is 2. The number of aliphatic hydroxyl groups is 1. The van der Waals surface area contributed by atoms with E-state index < -0.39 is 11.0 Å². The highest BCUT2D eigenvalue weighted by Gasteiger charge is 2.38. The summed E-state index contributed by atoms with van der Waals surface area (Å²) in [5.41, 5.74) is -0.805. The van der Waals surface area contributed by atoms with Gasteiger partial charge in [-0.05, 0) is 26.7 Å². The highest BCUT2D eigenvalue weighted by atomic mass is 16.5. The van der Waals surface area contributed by atoms with Gasteiger partial charge in [-0.15, -0.1) is 0 Å². The van der Waals surface area contributed by atoms with Crippen molar-refractivity contribution in [3.63, 3.8) is 0 Å². The largest absolute Gasteiger partial charge is 0.395 e. The Morgan fingerprint density at radius 2 is 1.88 bits per heavy atom. The fraction of sp³-hybridized carbons (Fsp3) is 0.737. The van der Waals surface area contributed by atoms with Crippen molar-refractivity contribution in [1.82, 2.24) is 10.1 Å². The molecule has 1 aliphatic carbocycles. The quantitative estimate of drug-likeness (QED) is 0.817. The Labute approximate surface area is 149 Å². The maximum atomic E-state index is 12.8. The minimum absolute atomic E-state index is 0.0410.